The van der Waals surface area contributed by atoms with Crippen LogP contribution in [-0.4, -0.2) is 24.4 Å². The minimum absolute atomic E-state index is 0.554. The average Bonchev–Trinajstić information content (AvgIpc) is 3.08. The van der Waals surface area contributed by atoms with E-state index in [1.54, 1.807) is 14.2 Å². The van der Waals surface area contributed by atoms with E-state index < -0.39 is 0 Å². The molecule has 0 atom stereocenters. The van der Waals surface area contributed by atoms with Crippen LogP contribution in [0.3, 0.4) is 0 Å². The van der Waals surface area contributed by atoms with Crippen LogP contribution >= 0.6 is 11.8 Å². The van der Waals surface area contributed by atoms with Gasteiger partial charge in [0.2, 0.25) is 5.89 Å². The van der Waals surface area contributed by atoms with Crippen LogP contribution in [-0.2, 0) is 12.2 Å². The van der Waals surface area contributed by atoms with Crippen LogP contribution in [0.5, 0.6) is 11.5 Å². The van der Waals surface area contributed by atoms with Crippen molar-refractivity contribution in [3.05, 3.63) is 65.0 Å². The molecule has 6 heteroatoms. The smallest absolute Gasteiger partial charge is 0.276 e. The molecule has 0 aliphatic heterocycles. The fourth-order valence-corrected chi connectivity index (χ4v) is 3.10. The fraction of sp³-hybridized carbons (Fsp3) is 0.263. The third kappa shape index (κ3) is 4.54. The molecule has 3 aromatic rings. The molecule has 0 aliphatic rings. The molecule has 1 heterocycles. The van der Waals surface area contributed by atoms with E-state index in [-0.39, 0.29) is 0 Å². The summed E-state index contributed by atoms with van der Waals surface area (Å²) in [5.74, 6) is 2.77. The van der Waals surface area contributed by atoms with Gasteiger partial charge >= 0.3 is 0 Å². The van der Waals surface area contributed by atoms with Gasteiger partial charge in [0.15, 0.2) is 11.5 Å². The molecule has 0 N–H and O–H groups in total. The Balaban J connectivity index is 1.62. The third-order valence-electron chi connectivity index (χ3n) is 3.73. The first-order valence-corrected chi connectivity index (χ1v) is 8.88. The Morgan fingerprint density at radius 1 is 0.920 bits per heavy atom. The molecule has 130 valence electrons. The molecule has 1 aromatic heterocycles. The molecule has 25 heavy (non-hydrogen) atoms. The van der Waals surface area contributed by atoms with Crippen LogP contribution in [0.25, 0.3) is 0 Å². The number of hydrogen-bond acceptors (Lipinski definition) is 6. The van der Waals surface area contributed by atoms with Crippen molar-refractivity contribution in [3.63, 3.8) is 0 Å². The van der Waals surface area contributed by atoms with E-state index in [2.05, 4.69) is 41.4 Å². The van der Waals surface area contributed by atoms with Gasteiger partial charge in [0.1, 0.15) is 0 Å². The van der Waals surface area contributed by atoms with Gasteiger partial charge in [-0.25, -0.2) is 0 Å². The zero-order valence-electron chi connectivity index (χ0n) is 14.5. The summed E-state index contributed by atoms with van der Waals surface area (Å²) in [5, 5.41) is 8.82. The van der Waals surface area contributed by atoms with Crippen molar-refractivity contribution in [1.82, 2.24) is 10.2 Å². The molecule has 0 unspecified atom stereocenters. The van der Waals surface area contributed by atoms with E-state index in [0.717, 1.165) is 11.3 Å². The maximum Gasteiger partial charge on any atom is 0.276 e. The molecule has 0 aliphatic carbocycles. The van der Waals surface area contributed by atoms with Crippen LogP contribution in [0.1, 0.15) is 22.6 Å². The number of aryl methyl sites for hydroxylation is 1. The minimum Gasteiger partial charge on any atom is -0.493 e. The van der Waals surface area contributed by atoms with E-state index in [4.69, 9.17) is 13.9 Å². The Hall–Kier alpha value is -2.47. The predicted molar refractivity (Wildman–Crippen MR) is 97.4 cm³/mol. The van der Waals surface area contributed by atoms with Gasteiger partial charge in [-0.05, 0) is 30.2 Å². The van der Waals surface area contributed by atoms with Crippen LogP contribution in [0.2, 0.25) is 0 Å². The first kappa shape index (κ1) is 17.4. The zero-order valence-corrected chi connectivity index (χ0v) is 15.3. The van der Waals surface area contributed by atoms with Gasteiger partial charge in [-0.2, -0.15) is 0 Å². The van der Waals surface area contributed by atoms with Gasteiger partial charge < -0.3 is 13.9 Å². The second-order valence-corrected chi connectivity index (χ2v) is 6.53. The quantitative estimate of drug-likeness (QED) is 0.589. The number of benzene rings is 2. The monoisotopic (exact) mass is 356 g/mol. The first-order chi connectivity index (χ1) is 12.2. The molecule has 0 fully saturated rings. The Labute approximate surface area is 151 Å². The molecule has 0 radical (unpaired) electrons. The lowest BCUT2D eigenvalue weighted by atomic mass is 10.1. The summed E-state index contributed by atoms with van der Waals surface area (Å²) in [6.45, 7) is 2.08. The second kappa shape index (κ2) is 8.07. The molecule has 3 rings (SSSR count). The van der Waals surface area contributed by atoms with Gasteiger partial charge in [0.25, 0.3) is 5.22 Å². The summed E-state index contributed by atoms with van der Waals surface area (Å²) >= 11 is 1.54. The molecular weight excluding hydrogens is 336 g/mol. The zero-order chi connectivity index (χ0) is 17.6. The van der Waals surface area contributed by atoms with E-state index >= 15 is 0 Å². The second-order valence-electron chi connectivity index (χ2n) is 5.60. The summed E-state index contributed by atoms with van der Waals surface area (Å²) in [5.41, 5.74) is 3.51. The van der Waals surface area contributed by atoms with Crippen LogP contribution in [0.4, 0.5) is 0 Å². The number of nitrogens with zero attached hydrogens (tertiary/aromatic N) is 2. The van der Waals surface area contributed by atoms with Crippen LogP contribution < -0.4 is 9.47 Å². The van der Waals surface area contributed by atoms with Crippen molar-refractivity contribution >= 4 is 11.8 Å². The number of ether oxygens (including phenoxy) is 2. The van der Waals surface area contributed by atoms with Crippen LogP contribution in [0.15, 0.2) is 52.1 Å². The maximum absolute atomic E-state index is 5.73. The molecular formula is C19H20N2O3S. The highest BCUT2D eigenvalue weighted by Gasteiger charge is 2.10. The molecule has 2 aromatic carbocycles. The van der Waals surface area contributed by atoms with Crippen LogP contribution in [0, 0.1) is 6.92 Å². The number of aromatic nitrogens is 2. The van der Waals surface area contributed by atoms with E-state index in [1.165, 1.54) is 22.9 Å². The van der Waals surface area contributed by atoms with E-state index in [1.807, 2.05) is 18.2 Å². The van der Waals surface area contributed by atoms with Crippen molar-refractivity contribution in [3.8, 4) is 11.5 Å². The van der Waals surface area contributed by atoms with Gasteiger partial charge in [0, 0.05) is 5.75 Å². The fourth-order valence-electron chi connectivity index (χ4n) is 2.36. The lowest BCUT2D eigenvalue weighted by Crippen LogP contribution is -1.94. The van der Waals surface area contributed by atoms with Crippen molar-refractivity contribution in [2.75, 3.05) is 14.2 Å². The Morgan fingerprint density at radius 3 is 2.36 bits per heavy atom. The average molecular weight is 356 g/mol. The largest absolute Gasteiger partial charge is 0.493 e. The highest BCUT2D eigenvalue weighted by atomic mass is 32.2. The summed E-state index contributed by atoms with van der Waals surface area (Å²) in [7, 11) is 3.24. The lowest BCUT2D eigenvalue weighted by Gasteiger charge is -2.08. The molecule has 0 amide bonds. The number of thioether (sulfide) groups is 1. The van der Waals surface area contributed by atoms with Gasteiger partial charge in [-0.3, -0.25) is 0 Å². The summed E-state index contributed by atoms with van der Waals surface area (Å²) < 4.78 is 16.3. The maximum atomic E-state index is 5.73. The predicted octanol–water partition coefficient (Wildman–Crippen LogP) is 4.28. The van der Waals surface area contributed by atoms with E-state index in [9.17, 15) is 0 Å². The summed E-state index contributed by atoms with van der Waals surface area (Å²) in [6.07, 6.45) is 0.554. The molecule has 0 spiro atoms. The molecule has 0 bridgehead atoms. The highest BCUT2D eigenvalue weighted by molar-refractivity contribution is 7.98. The number of rotatable bonds is 7. The Morgan fingerprint density at radius 2 is 1.64 bits per heavy atom. The summed E-state index contributed by atoms with van der Waals surface area (Å²) in [4.78, 5) is 0. The van der Waals surface area contributed by atoms with Gasteiger partial charge in [-0.15, -0.1) is 10.2 Å². The van der Waals surface area contributed by atoms with Crippen molar-refractivity contribution < 1.29 is 13.9 Å². The Bertz CT molecular complexity index is 831. The third-order valence-corrected chi connectivity index (χ3v) is 4.62. The first-order valence-electron chi connectivity index (χ1n) is 7.89. The van der Waals surface area contributed by atoms with Gasteiger partial charge in [-0.1, -0.05) is 47.7 Å². The van der Waals surface area contributed by atoms with Gasteiger partial charge in [0.05, 0.1) is 20.6 Å². The highest BCUT2D eigenvalue weighted by Crippen LogP contribution is 2.29. The number of hydrogen-bond donors (Lipinski definition) is 0. The normalized spacial score (nSPS) is 10.7. The minimum atomic E-state index is 0.554. The lowest BCUT2D eigenvalue weighted by molar-refractivity contribution is 0.354. The topological polar surface area (TPSA) is 57.4 Å². The standard InChI is InChI=1S/C19H20N2O3S/c1-13-4-6-14(7-5-13)12-25-19-21-20-18(24-19)11-15-8-9-16(22-2)17(10-15)23-3/h4-10H,11-12H2,1-3H3. The Kier molecular flexibility index (Phi) is 5.60. The van der Waals surface area contributed by atoms with Crippen molar-refractivity contribution in [2.24, 2.45) is 0 Å². The van der Waals surface area contributed by atoms with Crippen molar-refractivity contribution in [2.45, 2.75) is 24.3 Å². The molecule has 5 nitrogen and oxygen atoms in total. The summed E-state index contributed by atoms with van der Waals surface area (Å²) in [6, 6.07) is 14.2. The van der Waals surface area contributed by atoms with E-state index in [0.29, 0.717) is 29.0 Å². The van der Waals surface area contributed by atoms with Crippen molar-refractivity contribution in [1.29, 1.82) is 0 Å². The molecule has 0 saturated carbocycles. The molecule has 0 saturated heterocycles. The number of methoxy groups -OCH3 is 2. The SMILES string of the molecule is COc1ccc(Cc2nnc(SCc3ccc(C)cc3)o2)cc1OC.